The molecule has 0 radical (unpaired) electrons. The van der Waals surface area contributed by atoms with Crippen molar-refractivity contribution in [1.82, 2.24) is 5.32 Å². The van der Waals surface area contributed by atoms with Crippen molar-refractivity contribution in [3.63, 3.8) is 0 Å². The van der Waals surface area contributed by atoms with Gasteiger partial charge in [-0.15, -0.1) is 0 Å². The molecule has 9 heteroatoms. The van der Waals surface area contributed by atoms with Crippen molar-refractivity contribution in [1.29, 1.82) is 0 Å². The first-order valence-electron chi connectivity index (χ1n) is 6.39. The smallest absolute Gasteiger partial charge is 0.416 e. The molecule has 5 nitrogen and oxygen atoms in total. The lowest BCUT2D eigenvalue weighted by Gasteiger charge is -2.13. The van der Waals surface area contributed by atoms with Crippen LogP contribution in [0, 0.1) is 0 Å². The summed E-state index contributed by atoms with van der Waals surface area (Å²) in [5, 5.41) is 1.51. The van der Waals surface area contributed by atoms with Crippen LogP contribution in [-0.4, -0.2) is 31.5 Å². The monoisotopic (exact) mass is 347 g/mol. The maximum Gasteiger partial charge on any atom is 0.416 e. The standard InChI is InChI=1S/C14H12F3NO4S/c1-21-6-7-22-10(11-12(19)18-13(20)23-11)8-2-4-9(5-3-8)14(15,16)17/h2-5H,6-7H2,1H3,(H,18,19,20). The van der Waals surface area contributed by atoms with Crippen LogP contribution in [0.5, 0.6) is 0 Å². The van der Waals surface area contributed by atoms with Crippen LogP contribution in [0.25, 0.3) is 5.76 Å². The third-order valence-corrected chi connectivity index (χ3v) is 3.69. The summed E-state index contributed by atoms with van der Waals surface area (Å²) in [4.78, 5) is 23.0. The third kappa shape index (κ3) is 4.26. The van der Waals surface area contributed by atoms with Gasteiger partial charge in [-0.3, -0.25) is 14.9 Å². The van der Waals surface area contributed by atoms with Crippen LogP contribution in [0.15, 0.2) is 29.2 Å². The Labute approximate surface area is 133 Å². The summed E-state index contributed by atoms with van der Waals surface area (Å²) < 4.78 is 48.1. The molecule has 0 bridgehead atoms. The lowest BCUT2D eigenvalue weighted by molar-refractivity contribution is -0.137. The fraction of sp³-hybridized carbons (Fsp3) is 0.286. The van der Waals surface area contributed by atoms with E-state index in [9.17, 15) is 22.8 Å². The second kappa shape index (κ2) is 7.05. The quantitative estimate of drug-likeness (QED) is 0.504. The van der Waals surface area contributed by atoms with Crippen LogP contribution in [-0.2, 0) is 20.4 Å². The number of benzene rings is 1. The van der Waals surface area contributed by atoms with E-state index in [0.29, 0.717) is 11.8 Å². The van der Waals surface area contributed by atoms with Gasteiger partial charge in [0.25, 0.3) is 11.1 Å². The van der Waals surface area contributed by atoms with E-state index in [1.165, 1.54) is 19.2 Å². The number of alkyl halides is 3. The highest BCUT2D eigenvalue weighted by molar-refractivity contribution is 8.18. The second-order valence-corrected chi connectivity index (χ2v) is 5.40. The highest BCUT2D eigenvalue weighted by Crippen LogP contribution is 2.34. The maximum atomic E-state index is 12.6. The van der Waals surface area contributed by atoms with Crippen molar-refractivity contribution in [2.24, 2.45) is 0 Å². The molecular weight excluding hydrogens is 335 g/mol. The Balaban J connectivity index is 2.36. The number of hydrogen-bond acceptors (Lipinski definition) is 5. The number of carbonyl (C=O) groups excluding carboxylic acids is 2. The molecule has 0 aliphatic carbocycles. The molecule has 1 heterocycles. The van der Waals surface area contributed by atoms with E-state index >= 15 is 0 Å². The number of rotatable bonds is 5. The van der Waals surface area contributed by atoms with Crippen LogP contribution in [0.4, 0.5) is 18.0 Å². The van der Waals surface area contributed by atoms with Gasteiger partial charge in [0.1, 0.15) is 17.3 Å². The average molecular weight is 347 g/mol. The van der Waals surface area contributed by atoms with Crippen molar-refractivity contribution in [2.45, 2.75) is 6.18 Å². The molecule has 23 heavy (non-hydrogen) atoms. The first kappa shape index (κ1) is 17.4. The lowest BCUT2D eigenvalue weighted by Crippen LogP contribution is -2.18. The molecule has 1 aromatic rings. The van der Waals surface area contributed by atoms with E-state index in [-0.39, 0.29) is 29.4 Å². The highest BCUT2D eigenvalue weighted by atomic mass is 32.2. The minimum Gasteiger partial charge on any atom is -0.489 e. The summed E-state index contributed by atoms with van der Waals surface area (Å²) >= 11 is 0.636. The molecule has 0 aromatic heterocycles. The Morgan fingerprint density at radius 1 is 1.17 bits per heavy atom. The molecule has 0 spiro atoms. The molecule has 2 rings (SSSR count). The van der Waals surface area contributed by atoms with E-state index < -0.39 is 22.9 Å². The van der Waals surface area contributed by atoms with Crippen molar-refractivity contribution < 1.29 is 32.2 Å². The first-order valence-corrected chi connectivity index (χ1v) is 7.21. The van der Waals surface area contributed by atoms with Crippen LogP contribution < -0.4 is 5.32 Å². The molecular formula is C14H12F3NO4S. The number of ether oxygens (including phenoxy) is 2. The lowest BCUT2D eigenvalue weighted by atomic mass is 10.1. The number of methoxy groups -OCH3 is 1. The SMILES string of the molecule is COCCOC(=C1SC(=O)NC1=O)c1ccc(C(F)(F)F)cc1. The Hall–Kier alpha value is -2.00. The van der Waals surface area contributed by atoms with Crippen LogP contribution >= 0.6 is 11.8 Å². The van der Waals surface area contributed by atoms with E-state index in [4.69, 9.17) is 9.47 Å². The molecule has 124 valence electrons. The predicted octanol–water partition coefficient (Wildman–Crippen LogP) is 3.02. The summed E-state index contributed by atoms with van der Waals surface area (Å²) in [7, 11) is 1.45. The minimum absolute atomic E-state index is 0.00543. The molecule has 1 aliphatic heterocycles. The largest absolute Gasteiger partial charge is 0.489 e. The molecule has 0 saturated carbocycles. The molecule has 2 amide bonds. The van der Waals surface area contributed by atoms with E-state index in [2.05, 4.69) is 5.32 Å². The van der Waals surface area contributed by atoms with Gasteiger partial charge in [0.05, 0.1) is 12.2 Å². The summed E-state index contributed by atoms with van der Waals surface area (Å²) in [6.45, 7) is 0.302. The van der Waals surface area contributed by atoms with Gasteiger partial charge in [0.2, 0.25) is 0 Å². The fourth-order valence-electron chi connectivity index (χ4n) is 1.78. The molecule has 1 N–H and O–H groups in total. The van der Waals surface area contributed by atoms with Gasteiger partial charge in [0, 0.05) is 12.7 Å². The zero-order valence-electron chi connectivity index (χ0n) is 11.9. The number of hydrogen-bond donors (Lipinski definition) is 1. The molecule has 0 atom stereocenters. The van der Waals surface area contributed by atoms with E-state index in [1.807, 2.05) is 0 Å². The highest BCUT2D eigenvalue weighted by Gasteiger charge is 2.32. The Morgan fingerprint density at radius 2 is 1.83 bits per heavy atom. The van der Waals surface area contributed by atoms with Gasteiger partial charge < -0.3 is 9.47 Å². The van der Waals surface area contributed by atoms with Gasteiger partial charge >= 0.3 is 6.18 Å². The van der Waals surface area contributed by atoms with Crippen LogP contribution in [0.3, 0.4) is 0 Å². The predicted molar refractivity (Wildman–Crippen MR) is 77.3 cm³/mol. The summed E-state index contributed by atoms with van der Waals surface area (Å²) in [6.07, 6.45) is -4.46. The summed E-state index contributed by atoms with van der Waals surface area (Å²) in [5.41, 5.74) is -0.552. The third-order valence-electron chi connectivity index (χ3n) is 2.83. The Kier molecular flexibility index (Phi) is 5.32. The fourth-order valence-corrected chi connectivity index (χ4v) is 2.52. The number of imide groups is 1. The molecule has 1 aliphatic rings. The number of carbonyl (C=O) groups is 2. The molecule has 0 unspecified atom stereocenters. The number of amides is 2. The maximum absolute atomic E-state index is 12.6. The van der Waals surface area contributed by atoms with Gasteiger partial charge in [0.15, 0.2) is 0 Å². The Bertz CT molecular complexity index is 640. The topological polar surface area (TPSA) is 64.6 Å². The van der Waals surface area contributed by atoms with E-state index in [0.717, 1.165) is 12.1 Å². The van der Waals surface area contributed by atoms with E-state index in [1.54, 1.807) is 0 Å². The van der Waals surface area contributed by atoms with Crippen molar-refractivity contribution in [2.75, 3.05) is 20.3 Å². The molecule has 1 aromatic carbocycles. The minimum atomic E-state index is -4.46. The van der Waals surface area contributed by atoms with Gasteiger partial charge in [-0.2, -0.15) is 13.2 Å². The first-order chi connectivity index (χ1) is 10.8. The molecule has 1 fully saturated rings. The summed E-state index contributed by atoms with van der Waals surface area (Å²) in [5.74, 6) is -0.601. The van der Waals surface area contributed by atoms with Crippen molar-refractivity contribution in [3.8, 4) is 0 Å². The second-order valence-electron chi connectivity index (χ2n) is 4.42. The van der Waals surface area contributed by atoms with Gasteiger partial charge in [-0.1, -0.05) is 12.1 Å². The average Bonchev–Trinajstić information content (AvgIpc) is 2.81. The van der Waals surface area contributed by atoms with Gasteiger partial charge in [-0.25, -0.2) is 0 Å². The zero-order chi connectivity index (χ0) is 17.0. The number of halogens is 3. The van der Waals surface area contributed by atoms with Crippen molar-refractivity contribution >= 4 is 28.7 Å². The molecule has 1 saturated heterocycles. The normalized spacial score (nSPS) is 17.2. The van der Waals surface area contributed by atoms with Crippen LogP contribution in [0.1, 0.15) is 11.1 Å². The zero-order valence-corrected chi connectivity index (χ0v) is 12.7. The summed E-state index contributed by atoms with van der Waals surface area (Å²) in [6, 6.07) is 4.15. The van der Waals surface area contributed by atoms with Crippen LogP contribution in [0.2, 0.25) is 0 Å². The number of thioether (sulfide) groups is 1. The Morgan fingerprint density at radius 3 is 2.30 bits per heavy atom. The number of nitrogens with one attached hydrogen (secondary N) is 1. The van der Waals surface area contributed by atoms with Crippen molar-refractivity contribution in [3.05, 3.63) is 40.3 Å². The van der Waals surface area contributed by atoms with Gasteiger partial charge in [-0.05, 0) is 23.9 Å².